The van der Waals surface area contributed by atoms with Crippen molar-refractivity contribution in [3.05, 3.63) is 83.4 Å². The number of allylic oxidation sites excluding steroid dienone is 1. The topological polar surface area (TPSA) is 108 Å². The van der Waals surface area contributed by atoms with Crippen molar-refractivity contribution < 1.29 is 27.2 Å². The Labute approximate surface area is 200 Å². The number of anilines is 1. The summed E-state index contributed by atoms with van der Waals surface area (Å²) in [6, 6.07) is 14.6. The Bertz CT molecular complexity index is 1410. The van der Waals surface area contributed by atoms with E-state index in [-0.39, 0.29) is 16.5 Å². The number of hydrogen-bond donors (Lipinski definition) is 1. The zero-order valence-corrected chi connectivity index (χ0v) is 19.9. The third-order valence-corrected chi connectivity index (χ3v) is 7.15. The number of rotatable bonds is 9. The fourth-order valence-electron chi connectivity index (χ4n) is 3.20. The monoisotopic (exact) mass is 496 g/mol. The number of carbonyl (C=O) groups is 1. The van der Waals surface area contributed by atoms with Gasteiger partial charge in [-0.25, -0.2) is 8.42 Å². The van der Waals surface area contributed by atoms with Crippen molar-refractivity contribution >= 4 is 39.0 Å². The Morgan fingerprint density at radius 1 is 1.06 bits per heavy atom. The second kappa shape index (κ2) is 9.94. The number of nitrogens with one attached hydrogen (secondary N) is 1. The lowest BCUT2D eigenvalue weighted by atomic mass is 10.0. The van der Waals surface area contributed by atoms with Crippen LogP contribution in [0.5, 0.6) is 11.5 Å². The molecule has 2 heterocycles. The average Bonchev–Trinajstić information content (AvgIpc) is 3.56. The summed E-state index contributed by atoms with van der Waals surface area (Å²) in [6.07, 6.45) is 4.33. The molecule has 8 nitrogen and oxygen atoms in total. The van der Waals surface area contributed by atoms with Crippen molar-refractivity contribution in [3.8, 4) is 21.9 Å². The molecule has 174 valence electrons. The second-order valence-electron chi connectivity index (χ2n) is 6.98. The largest absolute Gasteiger partial charge is 0.496 e. The average molecular weight is 497 g/mol. The molecule has 0 fully saturated rings. The highest BCUT2D eigenvalue weighted by Gasteiger charge is 2.16. The molecule has 10 heteroatoms. The maximum Gasteiger partial charge on any atom is 0.263 e. The number of hydrogen-bond acceptors (Lipinski definition) is 8. The lowest BCUT2D eigenvalue weighted by Crippen LogP contribution is -2.13. The molecule has 0 saturated heterocycles. The van der Waals surface area contributed by atoms with E-state index in [1.807, 2.05) is 23.6 Å². The Kier molecular flexibility index (Phi) is 6.80. The number of ether oxygens (including phenoxy) is 2. The van der Waals surface area contributed by atoms with Gasteiger partial charge in [0, 0.05) is 33.7 Å². The Morgan fingerprint density at radius 3 is 2.44 bits per heavy atom. The zero-order valence-electron chi connectivity index (χ0n) is 18.2. The molecule has 0 aliphatic heterocycles. The van der Waals surface area contributed by atoms with Gasteiger partial charge in [0.2, 0.25) is 0 Å². The fraction of sp³-hybridized carbons (Fsp3) is 0.0833. The molecule has 0 aliphatic carbocycles. The zero-order chi connectivity index (χ0) is 24.1. The van der Waals surface area contributed by atoms with Gasteiger partial charge in [-0.05, 0) is 53.9 Å². The Morgan fingerprint density at radius 2 is 1.82 bits per heavy atom. The minimum absolute atomic E-state index is 0.00607. The van der Waals surface area contributed by atoms with Crippen LogP contribution < -0.4 is 14.2 Å². The molecule has 0 radical (unpaired) electrons. The molecule has 0 spiro atoms. The summed E-state index contributed by atoms with van der Waals surface area (Å²) < 4.78 is 42.7. The second-order valence-corrected chi connectivity index (χ2v) is 9.61. The van der Waals surface area contributed by atoms with Crippen LogP contribution in [-0.2, 0) is 10.0 Å². The van der Waals surface area contributed by atoms with E-state index in [9.17, 15) is 13.2 Å². The summed E-state index contributed by atoms with van der Waals surface area (Å²) in [7, 11) is -0.712. The van der Waals surface area contributed by atoms with Crippen LogP contribution in [-0.4, -0.2) is 33.6 Å². The molecule has 0 aliphatic rings. The van der Waals surface area contributed by atoms with Crippen molar-refractivity contribution in [2.45, 2.75) is 4.90 Å². The third kappa shape index (κ3) is 5.03. The molecule has 2 aromatic carbocycles. The third-order valence-electron chi connectivity index (χ3n) is 4.88. The lowest BCUT2D eigenvalue weighted by Gasteiger charge is -2.12. The van der Waals surface area contributed by atoms with Crippen LogP contribution in [0.1, 0.15) is 15.9 Å². The molecule has 34 heavy (non-hydrogen) atoms. The minimum Gasteiger partial charge on any atom is -0.496 e. The molecule has 0 bridgehead atoms. The van der Waals surface area contributed by atoms with Gasteiger partial charge in [0.1, 0.15) is 17.8 Å². The van der Waals surface area contributed by atoms with E-state index < -0.39 is 10.0 Å². The van der Waals surface area contributed by atoms with Crippen LogP contribution in [0.15, 0.2) is 81.7 Å². The summed E-state index contributed by atoms with van der Waals surface area (Å²) >= 11 is 1.58. The predicted octanol–water partition coefficient (Wildman–Crippen LogP) is 5.12. The summed E-state index contributed by atoms with van der Waals surface area (Å²) in [4.78, 5) is 13.8. The Hall–Kier alpha value is -3.89. The standard InChI is InChI=1S/C24H20N2O6S2/c1-30-21-15-22(31-2)19(23-4-3-13-33-23)14-17(21)7-10-20(27)16-5-8-18(9-6-16)34(28,29)26-24-11-12-32-25-24/h3-15H,1-2H3,(H,25,26). The number of aromatic nitrogens is 1. The molecule has 4 aromatic rings. The molecule has 0 saturated carbocycles. The first-order chi connectivity index (χ1) is 16.4. The molecule has 4 rings (SSSR count). The van der Waals surface area contributed by atoms with Gasteiger partial charge in [0.05, 0.1) is 19.1 Å². The maximum absolute atomic E-state index is 12.7. The van der Waals surface area contributed by atoms with E-state index >= 15 is 0 Å². The number of ketones is 1. The number of nitrogens with zero attached hydrogens (tertiary/aromatic N) is 1. The lowest BCUT2D eigenvalue weighted by molar-refractivity contribution is 0.104. The first kappa shape index (κ1) is 23.3. The highest BCUT2D eigenvalue weighted by Crippen LogP contribution is 2.38. The number of benzene rings is 2. The first-order valence-electron chi connectivity index (χ1n) is 9.97. The van der Waals surface area contributed by atoms with Crippen molar-refractivity contribution in [2.75, 3.05) is 18.9 Å². The summed E-state index contributed by atoms with van der Waals surface area (Å²) in [5.41, 5.74) is 1.93. The normalized spacial score (nSPS) is 11.5. The highest BCUT2D eigenvalue weighted by molar-refractivity contribution is 7.92. The van der Waals surface area contributed by atoms with Gasteiger partial charge in [-0.15, -0.1) is 11.3 Å². The van der Waals surface area contributed by atoms with Crippen LogP contribution in [0.4, 0.5) is 5.82 Å². The van der Waals surface area contributed by atoms with E-state index in [4.69, 9.17) is 9.47 Å². The number of sulfonamides is 1. The van der Waals surface area contributed by atoms with Gasteiger partial charge in [-0.2, -0.15) is 0 Å². The van der Waals surface area contributed by atoms with Gasteiger partial charge in [-0.1, -0.05) is 11.2 Å². The van der Waals surface area contributed by atoms with Gasteiger partial charge in [0.15, 0.2) is 11.6 Å². The van der Waals surface area contributed by atoms with Crippen LogP contribution >= 0.6 is 11.3 Å². The SMILES string of the molecule is COc1cc(OC)c(-c2cccs2)cc1C=CC(=O)c1ccc(S(=O)(=O)Nc2ccon2)cc1. The maximum atomic E-state index is 12.7. The highest BCUT2D eigenvalue weighted by atomic mass is 32.2. The summed E-state index contributed by atoms with van der Waals surface area (Å²) in [6.45, 7) is 0. The van der Waals surface area contributed by atoms with Crippen LogP contribution in [0.25, 0.3) is 16.5 Å². The van der Waals surface area contributed by atoms with Gasteiger partial charge < -0.3 is 14.0 Å². The van der Waals surface area contributed by atoms with Crippen LogP contribution in [0.3, 0.4) is 0 Å². The smallest absolute Gasteiger partial charge is 0.263 e. The van der Waals surface area contributed by atoms with Crippen molar-refractivity contribution in [3.63, 3.8) is 0 Å². The predicted molar refractivity (Wildman–Crippen MR) is 130 cm³/mol. The van der Waals surface area contributed by atoms with Crippen LogP contribution in [0, 0.1) is 0 Å². The van der Waals surface area contributed by atoms with Crippen molar-refractivity contribution in [1.82, 2.24) is 5.16 Å². The molecular weight excluding hydrogens is 476 g/mol. The number of methoxy groups -OCH3 is 2. The summed E-state index contributed by atoms with van der Waals surface area (Å²) in [5.74, 6) is 1.00. The van der Waals surface area contributed by atoms with E-state index in [1.54, 1.807) is 37.7 Å². The first-order valence-corrected chi connectivity index (χ1v) is 12.3. The van der Waals surface area contributed by atoms with Crippen molar-refractivity contribution in [2.24, 2.45) is 0 Å². The molecule has 0 unspecified atom stereocenters. The van der Waals surface area contributed by atoms with Gasteiger partial charge in [0.25, 0.3) is 10.0 Å². The van der Waals surface area contributed by atoms with E-state index in [2.05, 4.69) is 14.4 Å². The fourth-order valence-corrected chi connectivity index (χ4v) is 4.94. The number of carbonyl (C=O) groups excluding carboxylic acids is 1. The summed E-state index contributed by atoms with van der Waals surface area (Å²) in [5, 5.41) is 5.50. The molecule has 2 aromatic heterocycles. The number of thiophene rings is 1. The minimum atomic E-state index is -3.85. The molecule has 1 N–H and O–H groups in total. The van der Waals surface area contributed by atoms with E-state index in [1.165, 1.54) is 42.7 Å². The Balaban J connectivity index is 1.56. The molecule has 0 atom stereocenters. The van der Waals surface area contributed by atoms with Crippen LogP contribution in [0.2, 0.25) is 0 Å². The quantitative estimate of drug-likeness (QED) is 0.253. The molecular formula is C24H20N2O6S2. The van der Waals surface area contributed by atoms with Crippen molar-refractivity contribution in [1.29, 1.82) is 0 Å². The van der Waals surface area contributed by atoms with E-state index in [0.29, 0.717) is 22.6 Å². The molecule has 0 amide bonds. The van der Waals surface area contributed by atoms with Gasteiger partial charge in [-0.3, -0.25) is 9.52 Å². The van der Waals surface area contributed by atoms with E-state index in [0.717, 1.165) is 10.4 Å². The van der Waals surface area contributed by atoms with Gasteiger partial charge >= 0.3 is 0 Å².